The number of methoxy groups -OCH3 is 1. The van der Waals surface area contributed by atoms with Crippen LogP contribution in [0.15, 0.2) is 47.8 Å². The highest BCUT2D eigenvalue weighted by Crippen LogP contribution is 2.24. The van der Waals surface area contributed by atoms with E-state index >= 15 is 0 Å². The zero-order chi connectivity index (χ0) is 21.2. The lowest BCUT2D eigenvalue weighted by Crippen LogP contribution is -2.25. The van der Waals surface area contributed by atoms with Crippen LogP contribution in [-0.2, 0) is 16.1 Å². The molecule has 0 aliphatic rings. The number of carbonyl (C=O) groups excluding carboxylic acids is 1. The monoisotopic (exact) mass is 426 g/mol. The molecule has 158 valence electrons. The number of fused-ring (bicyclic) bond motifs is 1. The van der Waals surface area contributed by atoms with Gasteiger partial charge in [-0.25, -0.2) is 14.6 Å². The topological polar surface area (TPSA) is 94.0 Å². The summed E-state index contributed by atoms with van der Waals surface area (Å²) in [7, 11) is 1.66. The normalized spacial score (nSPS) is 11.3. The number of anilines is 1. The van der Waals surface area contributed by atoms with Crippen LogP contribution in [0, 0.1) is 0 Å². The van der Waals surface area contributed by atoms with Crippen molar-refractivity contribution in [2.45, 2.75) is 18.6 Å². The van der Waals surface area contributed by atoms with E-state index in [-0.39, 0.29) is 5.91 Å². The molecule has 0 radical (unpaired) electrons. The van der Waals surface area contributed by atoms with Gasteiger partial charge in [0.1, 0.15) is 5.82 Å². The molecule has 3 rings (SSSR count). The highest BCUT2D eigenvalue weighted by Gasteiger charge is 2.13. The Morgan fingerprint density at radius 3 is 2.83 bits per heavy atom. The Balaban J connectivity index is 1.65. The number of amides is 1. The molecule has 0 atom stereocenters. The van der Waals surface area contributed by atoms with Crippen molar-refractivity contribution in [1.29, 1.82) is 0 Å². The van der Waals surface area contributed by atoms with Gasteiger partial charge in [-0.3, -0.25) is 4.79 Å². The van der Waals surface area contributed by atoms with Crippen molar-refractivity contribution in [1.82, 2.24) is 25.1 Å². The summed E-state index contributed by atoms with van der Waals surface area (Å²) in [6, 6.07) is 9.71. The van der Waals surface area contributed by atoms with Crippen LogP contribution >= 0.6 is 11.8 Å². The van der Waals surface area contributed by atoms with Crippen molar-refractivity contribution in [2.24, 2.45) is 0 Å². The Labute approximate surface area is 180 Å². The summed E-state index contributed by atoms with van der Waals surface area (Å²) in [4.78, 5) is 21.3. The maximum absolute atomic E-state index is 12.1. The van der Waals surface area contributed by atoms with Crippen molar-refractivity contribution in [3.63, 3.8) is 0 Å². The summed E-state index contributed by atoms with van der Waals surface area (Å²) >= 11 is 1.58. The van der Waals surface area contributed by atoms with Gasteiger partial charge in [0.25, 0.3) is 0 Å². The fourth-order valence-corrected chi connectivity index (χ4v) is 3.34. The third-order valence-corrected chi connectivity index (χ3v) is 4.93. The van der Waals surface area contributed by atoms with Gasteiger partial charge in [-0.1, -0.05) is 49.0 Å². The van der Waals surface area contributed by atoms with E-state index in [1.54, 1.807) is 35.8 Å². The van der Waals surface area contributed by atoms with Crippen molar-refractivity contribution < 1.29 is 9.53 Å². The maximum Gasteiger partial charge on any atom is 0.244 e. The standard InChI is InChI=1S/C21H26N6O2S/c1-3-30-21-25-19(23-12-14-29-2)17-15-24-27(20(17)26-21)13-11-22-18(28)10-9-16-7-5-4-6-8-16/h4-10,15H,3,11-14H2,1-2H3,(H,22,28)(H,23,25,26). The second kappa shape index (κ2) is 11.3. The first-order valence-corrected chi connectivity index (χ1v) is 10.8. The van der Waals surface area contributed by atoms with Gasteiger partial charge in [0.05, 0.1) is 24.7 Å². The minimum absolute atomic E-state index is 0.144. The number of rotatable bonds is 11. The van der Waals surface area contributed by atoms with Crippen molar-refractivity contribution in [3.05, 3.63) is 48.2 Å². The van der Waals surface area contributed by atoms with Gasteiger partial charge in [-0.05, 0) is 17.4 Å². The molecule has 3 aromatic rings. The van der Waals surface area contributed by atoms with Crippen LogP contribution in [0.4, 0.5) is 5.82 Å². The van der Waals surface area contributed by atoms with Gasteiger partial charge in [0.2, 0.25) is 5.91 Å². The first-order valence-electron chi connectivity index (χ1n) is 9.81. The first kappa shape index (κ1) is 21.8. The lowest BCUT2D eigenvalue weighted by Gasteiger charge is -2.09. The summed E-state index contributed by atoms with van der Waals surface area (Å²) in [6.07, 6.45) is 5.08. The molecule has 0 saturated heterocycles. The molecule has 1 aromatic carbocycles. The van der Waals surface area contributed by atoms with E-state index in [0.717, 1.165) is 28.2 Å². The molecule has 0 aliphatic heterocycles. The van der Waals surface area contributed by atoms with Gasteiger partial charge >= 0.3 is 0 Å². The molecule has 0 saturated carbocycles. The molecule has 0 unspecified atom stereocenters. The number of hydrogen-bond acceptors (Lipinski definition) is 7. The summed E-state index contributed by atoms with van der Waals surface area (Å²) < 4.78 is 6.90. The quantitative estimate of drug-likeness (QED) is 0.211. The zero-order valence-electron chi connectivity index (χ0n) is 17.2. The third kappa shape index (κ3) is 6.04. The van der Waals surface area contributed by atoms with E-state index in [1.165, 1.54) is 6.08 Å². The molecular formula is C21H26N6O2S. The predicted molar refractivity (Wildman–Crippen MR) is 121 cm³/mol. The molecule has 0 bridgehead atoms. The lowest BCUT2D eigenvalue weighted by molar-refractivity contribution is -0.116. The number of nitrogens with zero attached hydrogens (tertiary/aromatic N) is 4. The average molecular weight is 427 g/mol. The number of hydrogen-bond donors (Lipinski definition) is 2. The van der Waals surface area contributed by atoms with Gasteiger partial charge < -0.3 is 15.4 Å². The van der Waals surface area contributed by atoms with Crippen LogP contribution in [0.5, 0.6) is 0 Å². The molecule has 0 spiro atoms. The van der Waals surface area contributed by atoms with Crippen LogP contribution in [0.25, 0.3) is 17.1 Å². The summed E-state index contributed by atoms with van der Waals surface area (Å²) in [5.74, 6) is 1.48. The van der Waals surface area contributed by atoms with Crippen LogP contribution in [0.1, 0.15) is 12.5 Å². The summed E-state index contributed by atoms with van der Waals surface area (Å²) in [6.45, 7) is 4.25. The molecule has 2 heterocycles. The largest absolute Gasteiger partial charge is 0.383 e. The predicted octanol–water partition coefficient (Wildman–Crippen LogP) is 2.83. The molecule has 0 aliphatic carbocycles. The Hall–Kier alpha value is -2.91. The van der Waals surface area contributed by atoms with Crippen LogP contribution in [0.3, 0.4) is 0 Å². The number of ether oxygens (including phenoxy) is 1. The number of carbonyl (C=O) groups is 1. The SMILES string of the molecule is CCSc1nc(NCCOC)c2cnn(CCNC(=O)C=Cc3ccccc3)c2n1. The van der Waals surface area contributed by atoms with E-state index in [9.17, 15) is 4.79 Å². The van der Waals surface area contributed by atoms with E-state index in [1.807, 2.05) is 30.3 Å². The number of benzene rings is 1. The Morgan fingerprint density at radius 1 is 1.23 bits per heavy atom. The van der Waals surface area contributed by atoms with Gasteiger partial charge in [-0.15, -0.1) is 0 Å². The van der Waals surface area contributed by atoms with Crippen LogP contribution < -0.4 is 10.6 Å². The Morgan fingerprint density at radius 2 is 2.07 bits per heavy atom. The van der Waals surface area contributed by atoms with E-state index in [2.05, 4.69) is 32.6 Å². The lowest BCUT2D eigenvalue weighted by atomic mass is 10.2. The maximum atomic E-state index is 12.1. The van der Waals surface area contributed by atoms with Gasteiger partial charge in [0, 0.05) is 26.3 Å². The van der Waals surface area contributed by atoms with Gasteiger partial charge in [-0.2, -0.15) is 5.10 Å². The highest BCUT2D eigenvalue weighted by atomic mass is 32.2. The number of nitrogens with one attached hydrogen (secondary N) is 2. The molecule has 2 N–H and O–H groups in total. The smallest absolute Gasteiger partial charge is 0.244 e. The number of thioether (sulfide) groups is 1. The summed E-state index contributed by atoms with van der Waals surface area (Å²) in [5, 5.41) is 12.2. The number of aromatic nitrogens is 4. The Kier molecular flexibility index (Phi) is 8.22. The fourth-order valence-electron chi connectivity index (χ4n) is 2.78. The molecule has 9 heteroatoms. The third-order valence-electron chi connectivity index (χ3n) is 4.20. The van der Waals surface area contributed by atoms with Crippen LogP contribution in [0.2, 0.25) is 0 Å². The second-order valence-corrected chi connectivity index (χ2v) is 7.58. The first-order chi connectivity index (χ1) is 14.7. The molecule has 8 nitrogen and oxygen atoms in total. The molecular weight excluding hydrogens is 400 g/mol. The highest BCUT2D eigenvalue weighted by molar-refractivity contribution is 7.99. The average Bonchev–Trinajstić information content (AvgIpc) is 3.16. The minimum atomic E-state index is -0.144. The van der Waals surface area contributed by atoms with E-state index in [4.69, 9.17) is 4.74 Å². The summed E-state index contributed by atoms with van der Waals surface area (Å²) in [5.41, 5.74) is 1.73. The van der Waals surface area contributed by atoms with Crippen molar-refractivity contribution in [2.75, 3.05) is 37.9 Å². The van der Waals surface area contributed by atoms with Gasteiger partial charge in [0.15, 0.2) is 10.8 Å². The Bertz CT molecular complexity index is 990. The minimum Gasteiger partial charge on any atom is -0.383 e. The molecule has 1 amide bonds. The molecule has 0 fully saturated rings. The fraction of sp³-hybridized carbons (Fsp3) is 0.333. The van der Waals surface area contributed by atoms with Crippen LogP contribution in [-0.4, -0.2) is 58.2 Å². The van der Waals surface area contributed by atoms with E-state index < -0.39 is 0 Å². The molecule has 2 aromatic heterocycles. The zero-order valence-corrected chi connectivity index (χ0v) is 18.0. The van der Waals surface area contributed by atoms with Crippen molar-refractivity contribution in [3.8, 4) is 0 Å². The van der Waals surface area contributed by atoms with Crippen molar-refractivity contribution >= 4 is 40.6 Å². The molecule has 30 heavy (non-hydrogen) atoms. The van der Waals surface area contributed by atoms with E-state index in [0.29, 0.717) is 31.4 Å². The second-order valence-electron chi connectivity index (χ2n) is 6.35.